The summed E-state index contributed by atoms with van der Waals surface area (Å²) in [6, 6.07) is 0. The van der Waals surface area contributed by atoms with Gasteiger partial charge in [-0.2, -0.15) is 4.98 Å². The Bertz CT molecular complexity index is 1890. The van der Waals surface area contributed by atoms with E-state index in [0.717, 1.165) is 29.0 Å². The average Bonchev–Trinajstić information content (AvgIpc) is 3.47. The average molecular weight is 646 g/mol. The number of imidazole rings is 2. The summed E-state index contributed by atoms with van der Waals surface area (Å²) in [5.74, 6) is -0.187. The third kappa shape index (κ3) is 4.14. The number of anilines is 1. The normalized spacial score (nSPS) is 35.5. The first-order chi connectivity index (χ1) is 19.9. The van der Waals surface area contributed by atoms with E-state index in [9.17, 15) is 29.5 Å². The Morgan fingerprint density at radius 3 is 2.67 bits per heavy atom. The zero-order valence-corrected chi connectivity index (χ0v) is 23.4. The number of fused-ring (bicyclic) bond motifs is 3. The fraction of sp³-hybridized carbons (Fsp3) is 0.500. The molecule has 3 fully saturated rings. The van der Waals surface area contributed by atoms with Gasteiger partial charge in [-0.15, -0.1) is 11.8 Å². The summed E-state index contributed by atoms with van der Waals surface area (Å²) in [6.07, 6.45) is -5.68. The van der Waals surface area contributed by atoms with E-state index < -0.39 is 77.6 Å². The molecule has 7 N–H and O–H groups in total. The van der Waals surface area contributed by atoms with Crippen molar-refractivity contribution in [2.24, 2.45) is 0 Å². The second-order valence-electron chi connectivity index (χ2n) is 9.90. The van der Waals surface area contributed by atoms with Crippen molar-refractivity contribution >= 4 is 59.1 Å². The van der Waals surface area contributed by atoms with Crippen molar-refractivity contribution in [2.75, 3.05) is 12.3 Å². The molecule has 1 saturated carbocycles. The summed E-state index contributed by atoms with van der Waals surface area (Å²) >= 11 is 5.06. The molecule has 3 aliphatic rings. The highest BCUT2D eigenvalue weighted by Gasteiger charge is 2.77. The molecule has 4 aromatic rings. The van der Waals surface area contributed by atoms with Crippen molar-refractivity contribution in [2.45, 2.75) is 53.0 Å². The number of aliphatic hydroxyl groups is 3. The third-order valence-electron chi connectivity index (χ3n) is 7.41. The minimum absolute atomic E-state index is 0.0178. The number of ether oxygens (including phenoxy) is 1. The van der Waals surface area contributed by atoms with Crippen molar-refractivity contribution < 1.29 is 38.1 Å². The first-order valence-corrected chi connectivity index (χ1v) is 15.9. The molecule has 0 spiro atoms. The predicted octanol–water partition coefficient (Wildman–Crippen LogP) is -1.41. The zero-order valence-electron chi connectivity index (χ0n) is 20.8. The third-order valence-corrected chi connectivity index (χ3v) is 10.7. The number of rotatable bonds is 7. The Morgan fingerprint density at radius 1 is 1.19 bits per heavy atom. The Morgan fingerprint density at radius 2 is 1.90 bits per heavy atom. The molecule has 7 rings (SSSR count). The van der Waals surface area contributed by atoms with Gasteiger partial charge in [0.2, 0.25) is 5.95 Å². The Kier molecular flexibility index (Phi) is 6.36. The number of thioether (sulfide) groups is 1. The van der Waals surface area contributed by atoms with E-state index in [0.29, 0.717) is 0 Å². The number of nitrogens with zero attached hydrogens (tertiary/aromatic N) is 6. The molecule has 18 nitrogen and oxygen atoms in total. The van der Waals surface area contributed by atoms with Crippen LogP contribution in [0.2, 0.25) is 0 Å². The van der Waals surface area contributed by atoms with Crippen molar-refractivity contribution in [1.82, 2.24) is 39.0 Å². The van der Waals surface area contributed by atoms with Crippen LogP contribution in [0.25, 0.3) is 22.3 Å². The van der Waals surface area contributed by atoms with Crippen LogP contribution in [0.4, 0.5) is 10.3 Å². The highest BCUT2D eigenvalue weighted by molar-refractivity contribution is 8.44. The van der Waals surface area contributed by atoms with E-state index in [4.69, 9.17) is 19.5 Å². The van der Waals surface area contributed by atoms with Crippen molar-refractivity contribution in [1.29, 1.82) is 0 Å². The maximum atomic E-state index is 15.1. The summed E-state index contributed by atoms with van der Waals surface area (Å²) in [6.45, 7) is -5.05. The summed E-state index contributed by atoms with van der Waals surface area (Å²) in [7, 11) is 0. The number of nitrogen functional groups attached to an aromatic ring is 1. The second kappa shape index (κ2) is 9.56. The number of halogens is 1. The number of hydrogen-bond acceptors (Lipinski definition) is 15. The second-order valence-corrected chi connectivity index (χ2v) is 14.0. The van der Waals surface area contributed by atoms with Crippen LogP contribution in [0.1, 0.15) is 11.6 Å². The quantitative estimate of drug-likeness (QED) is 0.0900. The Hall–Kier alpha value is -2.88. The number of H-pyrrole nitrogens is 2. The largest absolute Gasteiger partial charge is 0.389 e. The first-order valence-electron chi connectivity index (χ1n) is 12.2. The van der Waals surface area contributed by atoms with Gasteiger partial charge in [-0.25, -0.2) is 23.9 Å². The van der Waals surface area contributed by atoms with Gasteiger partial charge in [0.1, 0.15) is 35.4 Å². The topological polar surface area (TPSA) is 259 Å². The number of aromatic amines is 2. The molecule has 4 aromatic heterocycles. The van der Waals surface area contributed by atoms with Gasteiger partial charge < -0.3 is 30.8 Å². The molecule has 1 aliphatic carbocycles. The zero-order chi connectivity index (χ0) is 29.7. The predicted molar refractivity (Wildman–Crippen MR) is 144 cm³/mol. The van der Waals surface area contributed by atoms with Crippen molar-refractivity contribution in [3.05, 3.63) is 39.7 Å². The molecule has 6 heterocycles. The molecular weight excluding hydrogens is 624 g/mol. The standard InChI is InChI=1S/C20H21FN9O9PS2/c21-6-9(31)5(38-17(6)29-3-25-7-13(29)23-2-24-15(7)33)1-37-40(36,41)39-11-18(42-12-10(32)20(11,12)35)30-4-26-8-14(30)27-19(22)28-16(8)34/h2-6,9-12,17-18,31-32,35H,1H2,(H,36,41)(H,23,24,33)(H3,22,27,28,34)/t5-,6+,9-,10?,11+,12-,17-,18-,20+,40?/m1/s1. The van der Waals surface area contributed by atoms with Gasteiger partial charge in [0.15, 0.2) is 34.7 Å². The van der Waals surface area contributed by atoms with E-state index in [2.05, 4.69) is 42.2 Å². The van der Waals surface area contributed by atoms with Gasteiger partial charge in [-0.05, 0) is 0 Å². The first kappa shape index (κ1) is 27.9. The molecule has 0 bridgehead atoms. The highest BCUT2D eigenvalue weighted by Crippen LogP contribution is 2.68. The monoisotopic (exact) mass is 645 g/mol. The van der Waals surface area contributed by atoms with Gasteiger partial charge >= 0.3 is 6.80 Å². The highest BCUT2D eigenvalue weighted by atomic mass is 32.7. The van der Waals surface area contributed by atoms with Gasteiger partial charge in [0.05, 0.1) is 30.8 Å². The number of aliphatic hydroxyl groups excluding tert-OH is 2. The van der Waals surface area contributed by atoms with Crippen LogP contribution in [0, 0.1) is 0 Å². The molecule has 0 aromatic carbocycles. The molecule has 42 heavy (non-hydrogen) atoms. The maximum Gasteiger partial charge on any atom is 0.386 e. The molecule has 22 heteroatoms. The molecule has 2 aliphatic heterocycles. The van der Waals surface area contributed by atoms with Crippen LogP contribution in [0.5, 0.6) is 0 Å². The van der Waals surface area contributed by atoms with E-state index in [1.807, 2.05) is 0 Å². The number of nitrogens with one attached hydrogen (secondary N) is 2. The van der Waals surface area contributed by atoms with Crippen LogP contribution >= 0.6 is 30.8 Å². The summed E-state index contributed by atoms with van der Waals surface area (Å²) in [5.41, 5.74) is 2.63. The Labute approximate surface area is 241 Å². The minimum atomic E-state index is -4.39. The van der Waals surface area contributed by atoms with E-state index in [-0.39, 0.29) is 28.3 Å². The molecule has 224 valence electrons. The number of aromatic nitrogens is 8. The van der Waals surface area contributed by atoms with Gasteiger partial charge in [0, 0.05) is 0 Å². The van der Waals surface area contributed by atoms with Crippen LogP contribution in [-0.4, -0.2) is 102 Å². The lowest BCUT2D eigenvalue weighted by Gasteiger charge is -2.29. The number of alkyl halides is 1. The molecule has 0 radical (unpaired) electrons. The summed E-state index contributed by atoms with van der Waals surface area (Å²) < 4.78 is 47.6. The van der Waals surface area contributed by atoms with Crippen LogP contribution in [0.3, 0.4) is 0 Å². The molecule has 10 atom stereocenters. The van der Waals surface area contributed by atoms with Crippen LogP contribution in [-0.2, 0) is 18.3 Å². The fourth-order valence-corrected chi connectivity index (χ4v) is 8.58. The lowest BCUT2D eigenvalue weighted by molar-refractivity contribution is -0.0502. The SMILES string of the molecule is Nc1nc2c(ncn2[C@@H]2S[C@@H]3C(O)[C@]3(O)[C@H]2OP(=O)(S)OC[C@H]2O[C@@H](n3cnc4c(=O)[nH]cnc43)[C@@H](F)[C@@H]2O)c(=O)[nH]1. The van der Waals surface area contributed by atoms with Crippen molar-refractivity contribution in [3.63, 3.8) is 0 Å². The minimum Gasteiger partial charge on any atom is -0.389 e. The van der Waals surface area contributed by atoms with E-state index in [1.54, 1.807) is 0 Å². The van der Waals surface area contributed by atoms with Crippen LogP contribution < -0.4 is 16.9 Å². The number of hydrogen-bond donors (Lipinski definition) is 7. The number of thiol groups is 1. The van der Waals surface area contributed by atoms with E-state index >= 15 is 4.39 Å². The molecule has 2 unspecified atom stereocenters. The molecule has 2 saturated heterocycles. The molecule has 0 amide bonds. The smallest absolute Gasteiger partial charge is 0.386 e. The fourth-order valence-electron chi connectivity index (χ4n) is 5.24. The lowest BCUT2D eigenvalue weighted by Crippen LogP contribution is -2.38. The van der Waals surface area contributed by atoms with Crippen LogP contribution in [0.15, 0.2) is 28.6 Å². The Balaban J connectivity index is 1.10. The summed E-state index contributed by atoms with van der Waals surface area (Å²) in [4.78, 5) is 44.8. The number of nitrogens with two attached hydrogens (primary N) is 1. The van der Waals surface area contributed by atoms with Gasteiger partial charge in [0.25, 0.3) is 11.1 Å². The van der Waals surface area contributed by atoms with E-state index in [1.165, 1.54) is 10.9 Å². The lowest BCUT2D eigenvalue weighted by atomic mass is 10.1. The van der Waals surface area contributed by atoms with Gasteiger partial charge in [-0.1, -0.05) is 12.2 Å². The van der Waals surface area contributed by atoms with Gasteiger partial charge in [-0.3, -0.25) is 32.8 Å². The molecular formula is C20H21FN9O9PS2. The summed E-state index contributed by atoms with van der Waals surface area (Å²) in [5, 5.41) is 30.3. The maximum absolute atomic E-state index is 15.1. The van der Waals surface area contributed by atoms with Crippen molar-refractivity contribution in [3.8, 4) is 0 Å².